The van der Waals surface area contributed by atoms with E-state index in [0.717, 1.165) is 48.3 Å². The molecule has 1 amide bonds. The molecule has 1 atom stereocenters. The maximum Gasteiger partial charge on any atom is 0.416 e. The van der Waals surface area contributed by atoms with Crippen LogP contribution in [0.3, 0.4) is 0 Å². The Morgan fingerprint density at radius 2 is 1.61 bits per heavy atom. The first-order valence-corrected chi connectivity index (χ1v) is 12.5. The molecule has 0 aliphatic rings. The van der Waals surface area contributed by atoms with Crippen molar-refractivity contribution in [2.45, 2.75) is 51.3 Å². The number of alkyl halides is 3. The number of carbonyl (C=O) groups is 2. The molecule has 0 aliphatic heterocycles. The van der Waals surface area contributed by atoms with E-state index in [-0.39, 0.29) is 25.0 Å². The maximum absolute atomic E-state index is 12.8. The summed E-state index contributed by atoms with van der Waals surface area (Å²) in [5.74, 6) is -0.676. The lowest BCUT2D eigenvalue weighted by molar-refractivity contribution is -0.138. The normalized spacial score (nSPS) is 12.2. The Hall–Kier alpha value is -3.33. The highest BCUT2D eigenvalue weighted by Crippen LogP contribution is 2.34. The summed E-state index contributed by atoms with van der Waals surface area (Å²) in [7, 11) is 0. The minimum atomic E-state index is -4.37. The van der Waals surface area contributed by atoms with Crippen molar-refractivity contribution >= 4 is 23.2 Å². The number of unbranched alkanes of at least 4 members (excludes halogenated alkanes) is 2. The molecule has 0 radical (unpaired) electrons. The van der Waals surface area contributed by atoms with E-state index in [1.165, 1.54) is 23.5 Å². The van der Waals surface area contributed by atoms with Crippen molar-refractivity contribution < 1.29 is 32.6 Å². The van der Waals surface area contributed by atoms with Gasteiger partial charge < -0.3 is 15.2 Å². The highest BCUT2D eigenvalue weighted by Gasteiger charge is 2.30. The summed E-state index contributed by atoms with van der Waals surface area (Å²) in [6.45, 7) is 2.17. The van der Waals surface area contributed by atoms with Crippen LogP contribution in [0, 0.1) is 0 Å². The lowest BCUT2D eigenvalue weighted by Gasteiger charge is -2.18. The second-order valence-corrected chi connectivity index (χ2v) is 9.42. The number of ether oxygens (including phenoxy) is 1. The summed E-state index contributed by atoms with van der Waals surface area (Å²) in [4.78, 5) is 24.4. The van der Waals surface area contributed by atoms with E-state index < -0.39 is 17.7 Å². The predicted octanol–water partition coefficient (Wildman–Crippen LogP) is 7.34. The Morgan fingerprint density at radius 1 is 0.972 bits per heavy atom. The molecule has 0 spiro atoms. The standard InChI is InChI=1S/C27H28F3NO4S/c1-2-3-4-5-22(23-14-15-24(36-23)26(34)31-17-16-25(32)33)35-21-12-8-19(9-13-21)18-6-10-20(11-7-18)27(28,29)30/h6-15,22H,2-5,16-17H2,1H3,(H,31,34)(H,32,33)/t22-/m1/s1. The Labute approximate surface area is 211 Å². The van der Waals surface area contributed by atoms with E-state index in [4.69, 9.17) is 9.84 Å². The number of amides is 1. The molecule has 0 aliphatic carbocycles. The Balaban J connectivity index is 1.70. The smallest absolute Gasteiger partial charge is 0.416 e. The van der Waals surface area contributed by atoms with Crippen molar-refractivity contribution in [3.8, 4) is 16.9 Å². The van der Waals surface area contributed by atoms with Crippen molar-refractivity contribution in [3.05, 3.63) is 76.0 Å². The third kappa shape index (κ3) is 7.84. The molecule has 192 valence electrons. The lowest BCUT2D eigenvalue weighted by Crippen LogP contribution is -2.25. The molecule has 2 aromatic carbocycles. The fraction of sp³-hybridized carbons (Fsp3) is 0.333. The van der Waals surface area contributed by atoms with Gasteiger partial charge >= 0.3 is 12.1 Å². The number of carbonyl (C=O) groups excluding carboxylic acids is 1. The van der Waals surface area contributed by atoms with Crippen LogP contribution in [0.4, 0.5) is 13.2 Å². The van der Waals surface area contributed by atoms with Crippen LogP contribution in [0.15, 0.2) is 60.7 Å². The van der Waals surface area contributed by atoms with E-state index in [9.17, 15) is 22.8 Å². The van der Waals surface area contributed by atoms with Crippen LogP contribution in [0.1, 0.15) is 65.2 Å². The zero-order valence-corrected chi connectivity index (χ0v) is 20.6. The first-order valence-electron chi connectivity index (χ1n) is 11.7. The van der Waals surface area contributed by atoms with Crippen LogP contribution < -0.4 is 10.1 Å². The summed E-state index contributed by atoms with van der Waals surface area (Å²) in [6, 6.07) is 15.8. The van der Waals surface area contributed by atoms with Gasteiger partial charge in [-0.25, -0.2) is 0 Å². The Morgan fingerprint density at radius 3 is 2.19 bits per heavy atom. The zero-order valence-electron chi connectivity index (χ0n) is 19.8. The largest absolute Gasteiger partial charge is 0.485 e. The fourth-order valence-electron chi connectivity index (χ4n) is 3.60. The molecular weight excluding hydrogens is 491 g/mol. The molecule has 0 saturated heterocycles. The van der Waals surface area contributed by atoms with Crippen molar-refractivity contribution in [1.82, 2.24) is 5.32 Å². The second-order valence-electron chi connectivity index (χ2n) is 8.30. The second kappa shape index (κ2) is 12.6. The minimum Gasteiger partial charge on any atom is -0.485 e. The first kappa shape index (κ1) is 27.3. The molecule has 0 saturated carbocycles. The molecule has 36 heavy (non-hydrogen) atoms. The molecule has 3 rings (SSSR count). The van der Waals surface area contributed by atoms with Gasteiger partial charge in [0.15, 0.2) is 0 Å². The van der Waals surface area contributed by atoms with Gasteiger partial charge in [0.1, 0.15) is 11.9 Å². The minimum absolute atomic E-state index is 0.0586. The predicted molar refractivity (Wildman–Crippen MR) is 133 cm³/mol. The van der Waals surface area contributed by atoms with Gasteiger partial charge in [0.05, 0.1) is 16.9 Å². The molecule has 3 aromatic rings. The number of hydrogen-bond donors (Lipinski definition) is 2. The third-order valence-electron chi connectivity index (χ3n) is 5.54. The van der Waals surface area contributed by atoms with Gasteiger partial charge in [-0.05, 0) is 60.4 Å². The average molecular weight is 520 g/mol. The van der Waals surface area contributed by atoms with E-state index in [0.29, 0.717) is 16.2 Å². The van der Waals surface area contributed by atoms with Crippen molar-refractivity contribution in [1.29, 1.82) is 0 Å². The van der Waals surface area contributed by atoms with Crippen LogP contribution in [-0.4, -0.2) is 23.5 Å². The third-order valence-corrected chi connectivity index (χ3v) is 6.72. The monoisotopic (exact) mass is 519 g/mol. The SMILES string of the molecule is CCCCC[C@@H](Oc1ccc(-c2ccc(C(F)(F)F)cc2)cc1)c1ccc(C(=O)NCCC(=O)O)s1. The molecule has 1 aromatic heterocycles. The summed E-state index contributed by atoms with van der Waals surface area (Å²) in [6.07, 6.45) is -0.979. The summed E-state index contributed by atoms with van der Waals surface area (Å²) >= 11 is 1.31. The number of benzene rings is 2. The first-order chi connectivity index (χ1) is 17.2. The van der Waals surface area contributed by atoms with Gasteiger partial charge in [-0.3, -0.25) is 9.59 Å². The number of carboxylic acid groups (broad SMARTS) is 1. The van der Waals surface area contributed by atoms with Gasteiger partial charge in [-0.1, -0.05) is 44.0 Å². The molecule has 0 bridgehead atoms. The quantitative estimate of drug-likeness (QED) is 0.246. The Bertz CT molecular complexity index is 1140. The van der Waals surface area contributed by atoms with Crippen LogP contribution >= 0.6 is 11.3 Å². The molecular formula is C27H28F3NO4S. The molecule has 5 nitrogen and oxygen atoms in total. The zero-order chi connectivity index (χ0) is 26.1. The number of hydrogen-bond acceptors (Lipinski definition) is 4. The molecule has 9 heteroatoms. The van der Waals surface area contributed by atoms with Crippen LogP contribution in [0.25, 0.3) is 11.1 Å². The molecule has 1 heterocycles. The van der Waals surface area contributed by atoms with Crippen molar-refractivity contribution in [2.24, 2.45) is 0 Å². The fourth-order valence-corrected chi connectivity index (χ4v) is 4.59. The van der Waals surface area contributed by atoms with E-state index in [2.05, 4.69) is 12.2 Å². The van der Waals surface area contributed by atoms with Crippen molar-refractivity contribution in [2.75, 3.05) is 6.54 Å². The number of nitrogens with one attached hydrogen (secondary N) is 1. The van der Waals surface area contributed by atoms with Gasteiger partial charge in [0.2, 0.25) is 0 Å². The number of carboxylic acids is 1. The summed E-state index contributed by atoms with van der Waals surface area (Å²) < 4.78 is 44.7. The highest BCUT2D eigenvalue weighted by molar-refractivity contribution is 7.14. The van der Waals surface area contributed by atoms with Crippen LogP contribution in [-0.2, 0) is 11.0 Å². The molecule has 0 unspecified atom stereocenters. The van der Waals surface area contributed by atoms with Crippen molar-refractivity contribution in [3.63, 3.8) is 0 Å². The average Bonchev–Trinajstić information content (AvgIpc) is 3.34. The van der Waals surface area contributed by atoms with Gasteiger partial charge in [0.25, 0.3) is 5.91 Å². The number of rotatable bonds is 12. The van der Waals surface area contributed by atoms with Gasteiger partial charge in [0, 0.05) is 11.4 Å². The maximum atomic E-state index is 12.8. The number of thiophene rings is 1. The molecule has 2 N–H and O–H groups in total. The number of aliphatic carboxylic acids is 1. The van der Waals surface area contributed by atoms with E-state index in [1.54, 1.807) is 30.3 Å². The summed E-state index contributed by atoms with van der Waals surface area (Å²) in [5, 5.41) is 11.3. The lowest BCUT2D eigenvalue weighted by atomic mass is 10.0. The van der Waals surface area contributed by atoms with E-state index >= 15 is 0 Å². The Kier molecular flexibility index (Phi) is 9.52. The van der Waals surface area contributed by atoms with Gasteiger partial charge in [-0.15, -0.1) is 11.3 Å². The summed E-state index contributed by atoms with van der Waals surface area (Å²) in [5.41, 5.74) is 0.757. The van der Waals surface area contributed by atoms with Crippen LogP contribution in [0.5, 0.6) is 5.75 Å². The molecule has 0 fully saturated rings. The van der Waals surface area contributed by atoms with Crippen LogP contribution in [0.2, 0.25) is 0 Å². The number of halogens is 3. The van der Waals surface area contributed by atoms with E-state index in [1.807, 2.05) is 6.07 Å². The topological polar surface area (TPSA) is 75.6 Å². The van der Waals surface area contributed by atoms with Gasteiger partial charge in [-0.2, -0.15) is 13.2 Å². The highest BCUT2D eigenvalue weighted by atomic mass is 32.1.